The number of hydrogen-bond acceptors (Lipinski definition) is 3. The molecule has 0 aromatic heterocycles. The zero-order chi connectivity index (χ0) is 16.8. The Kier molecular flexibility index (Phi) is 6.64. The van der Waals surface area contributed by atoms with Crippen molar-refractivity contribution in [3.63, 3.8) is 0 Å². The SMILES string of the molecule is CCN(CC)C(=O)CCCNC(=O)N1CCC(C)(C(=O)O)C1. The number of carboxylic acids is 1. The normalized spacial score (nSPS) is 20.8. The fraction of sp³-hybridized carbons (Fsp3) is 0.800. The van der Waals surface area contributed by atoms with Crippen molar-refractivity contribution in [2.24, 2.45) is 5.41 Å². The second kappa shape index (κ2) is 8.00. The molecule has 0 aromatic rings. The van der Waals surface area contributed by atoms with Crippen LogP contribution < -0.4 is 5.32 Å². The molecule has 2 N–H and O–H groups in total. The van der Waals surface area contributed by atoms with Gasteiger partial charge in [-0.3, -0.25) is 9.59 Å². The Morgan fingerprint density at radius 3 is 2.41 bits per heavy atom. The van der Waals surface area contributed by atoms with Gasteiger partial charge in [-0.1, -0.05) is 0 Å². The van der Waals surface area contributed by atoms with Gasteiger partial charge < -0.3 is 20.2 Å². The van der Waals surface area contributed by atoms with Gasteiger partial charge >= 0.3 is 12.0 Å². The lowest BCUT2D eigenvalue weighted by atomic mass is 9.90. The number of carbonyl (C=O) groups excluding carboxylic acids is 2. The lowest BCUT2D eigenvalue weighted by molar-refractivity contribution is -0.147. The molecule has 22 heavy (non-hydrogen) atoms. The number of aliphatic carboxylic acids is 1. The van der Waals surface area contributed by atoms with E-state index in [-0.39, 0.29) is 18.5 Å². The first-order valence-electron chi connectivity index (χ1n) is 7.88. The highest BCUT2D eigenvalue weighted by Crippen LogP contribution is 2.29. The third-order valence-electron chi connectivity index (χ3n) is 4.24. The summed E-state index contributed by atoms with van der Waals surface area (Å²) in [6.45, 7) is 8.04. The van der Waals surface area contributed by atoms with E-state index in [0.717, 1.165) is 0 Å². The summed E-state index contributed by atoms with van der Waals surface area (Å²) in [5.41, 5.74) is -0.851. The van der Waals surface area contributed by atoms with Gasteiger partial charge in [-0.05, 0) is 33.6 Å². The zero-order valence-corrected chi connectivity index (χ0v) is 13.7. The maximum Gasteiger partial charge on any atom is 0.317 e. The molecule has 126 valence electrons. The molecule has 7 nitrogen and oxygen atoms in total. The second-order valence-corrected chi connectivity index (χ2v) is 5.94. The van der Waals surface area contributed by atoms with Crippen molar-refractivity contribution in [3.05, 3.63) is 0 Å². The third-order valence-corrected chi connectivity index (χ3v) is 4.24. The van der Waals surface area contributed by atoms with E-state index < -0.39 is 11.4 Å². The first-order chi connectivity index (χ1) is 10.3. The molecule has 1 aliphatic heterocycles. The van der Waals surface area contributed by atoms with E-state index in [4.69, 9.17) is 5.11 Å². The molecule has 1 unspecified atom stereocenters. The summed E-state index contributed by atoms with van der Waals surface area (Å²) in [7, 11) is 0. The number of hydrogen-bond donors (Lipinski definition) is 2. The Labute approximate surface area is 131 Å². The van der Waals surface area contributed by atoms with E-state index in [1.807, 2.05) is 13.8 Å². The first-order valence-corrected chi connectivity index (χ1v) is 7.88. The minimum absolute atomic E-state index is 0.0962. The van der Waals surface area contributed by atoms with Gasteiger partial charge in [-0.2, -0.15) is 0 Å². The van der Waals surface area contributed by atoms with Gasteiger partial charge in [-0.15, -0.1) is 0 Å². The number of carbonyl (C=O) groups is 3. The van der Waals surface area contributed by atoms with Crippen LogP contribution in [0.1, 0.15) is 40.0 Å². The minimum atomic E-state index is -0.868. The van der Waals surface area contributed by atoms with Crippen molar-refractivity contribution in [2.45, 2.75) is 40.0 Å². The van der Waals surface area contributed by atoms with Crippen LogP contribution in [-0.2, 0) is 9.59 Å². The summed E-state index contributed by atoms with van der Waals surface area (Å²) in [5, 5.41) is 11.9. The first kappa shape index (κ1) is 18.3. The largest absolute Gasteiger partial charge is 0.481 e. The van der Waals surface area contributed by atoms with E-state index in [1.165, 1.54) is 4.90 Å². The Hall–Kier alpha value is -1.79. The highest BCUT2D eigenvalue weighted by Gasteiger charge is 2.42. The number of urea groups is 1. The topological polar surface area (TPSA) is 90.0 Å². The molecule has 0 aromatic carbocycles. The minimum Gasteiger partial charge on any atom is -0.481 e. The van der Waals surface area contributed by atoms with Crippen LogP contribution in [-0.4, -0.2) is 65.5 Å². The molecule has 0 aliphatic carbocycles. The molecule has 1 rings (SSSR count). The molecule has 3 amide bonds. The van der Waals surface area contributed by atoms with Crippen molar-refractivity contribution < 1.29 is 19.5 Å². The fourth-order valence-electron chi connectivity index (χ4n) is 2.59. The van der Waals surface area contributed by atoms with Gasteiger partial charge in [0.05, 0.1) is 5.41 Å². The van der Waals surface area contributed by atoms with Crippen LogP contribution in [0.3, 0.4) is 0 Å². The monoisotopic (exact) mass is 313 g/mol. The molecular weight excluding hydrogens is 286 g/mol. The van der Waals surface area contributed by atoms with Gasteiger partial charge in [0.15, 0.2) is 0 Å². The number of likely N-dealkylation sites (tertiary alicyclic amines) is 1. The lowest BCUT2D eigenvalue weighted by Gasteiger charge is -2.21. The number of nitrogens with zero attached hydrogens (tertiary/aromatic N) is 2. The van der Waals surface area contributed by atoms with Crippen molar-refractivity contribution in [3.8, 4) is 0 Å². The Balaban J connectivity index is 2.28. The summed E-state index contributed by atoms with van der Waals surface area (Å²) in [6.07, 6.45) is 1.47. The standard InChI is InChI=1S/C15H27N3O4/c1-4-17(5-2)12(19)7-6-9-16-14(22)18-10-8-15(3,11-18)13(20)21/h4-11H2,1-3H3,(H,16,22)(H,20,21). The van der Waals surface area contributed by atoms with Gasteiger partial charge in [0.25, 0.3) is 0 Å². The molecule has 0 spiro atoms. The van der Waals surface area contributed by atoms with Crippen LogP contribution in [0.4, 0.5) is 4.79 Å². The molecule has 1 heterocycles. The van der Waals surface area contributed by atoms with Crippen molar-refractivity contribution in [1.82, 2.24) is 15.1 Å². The quantitative estimate of drug-likeness (QED) is 0.690. The number of nitrogens with one attached hydrogen (secondary N) is 1. The molecular formula is C15H27N3O4. The van der Waals surface area contributed by atoms with E-state index in [1.54, 1.807) is 11.8 Å². The summed E-state index contributed by atoms with van der Waals surface area (Å²) >= 11 is 0. The Bertz CT molecular complexity index is 423. The number of amides is 3. The summed E-state index contributed by atoms with van der Waals surface area (Å²) in [5.74, 6) is -0.772. The van der Waals surface area contributed by atoms with Crippen LogP contribution in [0, 0.1) is 5.41 Å². The predicted molar refractivity (Wildman–Crippen MR) is 82.5 cm³/mol. The van der Waals surface area contributed by atoms with Crippen LogP contribution >= 0.6 is 0 Å². The van der Waals surface area contributed by atoms with Gasteiger partial charge in [0.2, 0.25) is 5.91 Å². The molecule has 1 atom stereocenters. The van der Waals surface area contributed by atoms with E-state index in [9.17, 15) is 14.4 Å². The van der Waals surface area contributed by atoms with E-state index in [2.05, 4.69) is 5.32 Å². The van der Waals surface area contributed by atoms with Crippen molar-refractivity contribution in [1.29, 1.82) is 0 Å². The van der Waals surface area contributed by atoms with Crippen LogP contribution in [0.5, 0.6) is 0 Å². The average molecular weight is 313 g/mol. The molecule has 0 saturated carbocycles. The predicted octanol–water partition coefficient (Wildman–Crippen LogP) is 1.14. The Morgan fingerprint density at radius 2 is 1.91 bits per heavy atom. The summed E-state index contributed by atoms with van der Waals surface area (Å²) in [6, 6.07) is -0.250. The molecule has 0 bridgehead atoms. The maximum atomic E-state index is 12.0. The fourth-order valence-corrected chi connectivity index (χ4v) is 2.59. The molecule has 1 aliphatic rings. The highest BCUT2D eigenvalue weighted by atomic mass is 16.4. The summed E-state index contributed by atoms with van der Waals surface area (Å²) in [4.78, 5) is 38.2. The summed E-state index contributed by atoms with van der Waals surface area (Å²) < 4.78 is 0. The van der Waals surface area contributed by atoms with E-state index in [0.29, 0.717) is 45.4 Å². The highest BCUT2D eigenvalue weighted by molar-refractivity contribution is 5.79. The Morgan fingerprint density at radius 1 is 1.27 bits per heavy atom. The van der Waals surface area contributed by atoms with Crippen LogP contribution in [0.15, 0.2) is 0 Å². The smallest absolute Gasteiger partial charge is 0.317 e. The zero-order valence-electron chi connectivity index (χ0n) is 13.7. The van der Waals surface area contributed by atoms with E-state index >= 15 is 0 Å². The molecule has 0 radical (unpaired) electrons. The van der Waals surface area contributed by atoms with Gasteiger partial charge in [-0.25, -0.2) is 4.79 Å². The molecule has 1 saturated heterocycles. The van der Waals surface area contributed by atoms with Crippen LogP contribution in [0.25, 0.3) is 0 Å². The van der Waals surface area contributed by atoms with Gasteiger partial charge in [0, 0.05) is 39.1 Å². The maximum absolute atomic E-state index is 12.0. The molecule has 1 fully saturated rings. The average Bonchev–Trinajstić information content (AvgIpc) is 2.89. The van der Waals surface area contributed by atoms with Crippen molar-refractivity contribution in [2.75, 3.05) is 32.7 Å². The number of carboxylic acid groups (broad SMARTS) is 1. The van der Waals surface area contributed by atoms with Crippen LogP contribution in [0.2, 0.25) is 0 Å². The van der Waals surface area contributed by atoms with Gasteiger partial charge in [0.1, 0.15) is 0 Å². The molecule has 7 heteroatoms. The lowest BCUT2D eigenvalue weighted by Crippen LogP contribution is -2.41. The second-order valence-electron chi connectivity index (χ2n) is 5.94. The van der Waals surface area contributed by atoms with Crippen molar-refractivity contribution >= 4 is 17.9 Å². The number of rotatable bonds is 7. The third kappa shape index (κ3) is 4.61.